The standard InChI is InChI=1S/C26H30N6O2S/c27-18-9-6-12-32(15-18)23-11-5-4-10-20(23)29-24(33)22-16-35-26(31-22)25(34)30-21-14-28-13-19(21)17-7-2-1-3-8-17/h1-5,7-8,10-11,16,18-19,21,28H,6,9,12-15,27H2,(H,29,33)(H,30,34)/t18-,19-,21?/m1/s1. The van der Waals surface area contributed by atoms with Crippen molar-refractivity contribution in [3.8, 4) is 0 Å². The molecule has 2 aliphatic rings. The average molecular weight is 491 g/mol. The van der Waals surface area contributed by atoms with Gasteiger partial charge in [0, 0.05) is 49.6 Å². The van der Waals surface area contributed by atoms with Crippen molar-refractivity contribution in [3.05, 3.63) is 76.2 Å². The summed E-state index contributed by atoms with van der Waals surface area (Å²) in [6.45, 7) is 3.16. The molecule has 0 saturated carbocycles. The third-order valence-corrected chi connectivity index (χ3v) is 7.48. The molecule has 1 aromatic heterocycles. The lowest BCUT2D eigenvalue weighted by molar-refractivity contribution is 0.0936. The Labute approximate surface area is 208 Å². The van der Waals surface area contributed by atoms with Crippen LogP contribution in [0, 0.1) is 0 Å². The number of hydrogen-bond donors (Lipinski definition) is 4. The van der Waals surface area contributed by atoms with Crippen LogP contribution in [-0.4, -0.2) is 55.1 Å². The molecule has 0 aliphatic carbocycles. The van der Waals surface area contributed by atoms with Gasteiger partial charge in [0.2, 0.25) is 0 Å². The maximum atomic E-state index is 13.0. The van der Waals surface area contributed by atoms with Gasteiger partial charge in [-0.2, -0.15) is 0 Å². The summed E-state index contributed by atoms with van der Waals surface area (Å²) < 4.78 is 0. The number of thiazole rings is 1. The minimum atomic E-state index is -0.334. The Hall–Kier alpha value is -3.27. The van der Waals surface area contributed by atoms with Crippen LogP contribution < -0.4 is 26.6 Å². The normalized spacial score (nSPS) is 22.1. The van der Waals surface area contributed by atoms with Gasteiger partial charge in [-0.3, -0.25) is 9.59 Å². The Kier molecular flexibility index (Phi) is 7.08. The molecule has 9 heteroatoms. The molecule has 2 fully saturated rings. The van der Waals surface area contributed by atoms with Crippen molar-refractivity contribution in [2.45, 2.75) is 30.8 Å². The van der Waals surface area contributed by atoms with Crippen LogP contribution >= 0.6 is 11.3 Å². The maximum absolute atomic E-state index is 13.0. The van der Waals surface area contributed by atoms with E-state index in [4.69, 9.17) is 5.73 Å². The molecule has 2 amide bonds. The van der Waals surface area contributed by atoms with Crippen LogP contribution in [0.25, 0.3) is 0 Å². The summed E-state index contributed by atoms with van der Waals surface area (Å²) in [6.07, 6.45) is 2.04. The summed E-state index contributed by atoms with van der Waals surface area (Å²) in [4.78, 5) is 32.5. The molecule has 2 saturated heterocycles. The quantitative estimate of drug-likeness (QED) is 0.423. The third kappa shape index (κ3) is 5.37. The molecule has 2 aliphatic heterocycles. The first-order valence-electron chi connectivity index (χ1n) is 12.0. The number of para-hydroxylation sites is 2. The number of nitrogens with zero attached hydrogens (tertiary/aromatic N) is 2. The lowest BCUT2D eigenvalue weighted by atomic mass is 9.94. The molecule has 0 bridgehead atoms. The summed E-state index contributed by atoms with van der Waals surface area (Å²) in [7, 11) is 0. The highest BCUT2D eigenvalue weighted by Gasteiger charge is 2.30. The predicted octanol–water partition coefficient (Wildman–Crippen LogP) is 2.81. The zero-order valence-corrected chi connectivity index (χ0v) is 20.3. The number of aromatic nitrogens is 1. The smallest absolute Gasteiger partial charge is 0.280 e. The number of carbonyl (C=O) groups is 2. The average Bonchev–Trinajstić information content (AvgIpc) is 3.55. The molecule has 8 nitrogen and oxygen atoms in total. The molecule has 0 radical (unpaired) electrons. The molecule has 3 aromatic rings. The van der Waals surface area contributed by atoms with E-state index < -0.39 is 0 Å². The van der Waals surface area contributed by atoms with E-state index in [0.717, 1.165) is 38.2 Å². The van der Waals surface area contributed by atoms with E-state index in [9.17, 15) is 9.59 Å². The van der Waals surface area contributed by atoms with Gasteiger partial charge in [-0.25, -0.2) is 4.98 Å². The molecule has 182 valence electrons. The predicted molar refractivity (Wildman–Crippen MR) is 139 cm³/mol. The Morgan fingerprint density at radius 1 is 1.06 bits per heavy atom. The second kappa shape index (κ2) is 10.6. The van der Waals surface area contributed by atoms with Crippen LogP contribution in [0.5, 0.6) is 0 Å². The fraction of sp³-hybridized carbons (Fsp3) is 0.346. The minimum Gasteiger partial charge on any atom is -0.368 e. The second-order valence-corrected chi connectivity index (χ2v) is 9.97. The van der Waals surface area contributed by atoms with E-state index in [1.807, 2.05) is 42.5 Å². The number of rotatable bonds is 6. The van der Waals surface area contributed by atoms with E-state index in [2.05, 4.69) is 38.0 Å². The first kappa shape index (κ1) is 23.5. The summed E-state index contributed by atoms with van der Waals surface area (Å²) in [5, 5.41) is 11.3. The van der Waals surface area contributed by atoms with Gasteiger partial charge in [0.25, 0.3) is 11.8 Å². The molecule has 3 atom stereocenters. The van der Waals surface area contributed by atoms with Gasteiger partial charge in [0.05, 0.1) is 11.4 Å². The number of amides is 2. The molecule has 5 rings (SSSR count). The topological polar surface area (TPSA) is 112 Å². The van der Waals surface area contributed by atoms with Crippen LogP contribution in [0.1, 0.15) is 44.6 Å². The van der Waals surface area contributed by atoms with E-state index in [0.29, 0.717) is 12.2 Å². The number of nitrogens with two attached hydrogens (primary N) is 1. The van der Waals surface area contributed by atoms with Gasteiger partial charge >= 0.3 is 0 Å². The maximum Gasteiger partial charge on any atom is 0.280 e. The van der Waals surface area contributed by atoms with Crippen molar-refractivity contribution in [1.82, 2.24) is 15.6 Å². The zero-order valence-electron chi connectivity index (χ0n) is 19.4. The lowest BCUT2D eigenvalue weighted by Crippen LogP contribution is -2.43. The SMILES string of the molecule is N[C@@H]1CCCN(c2ccccc2NC(=O)c2csc(C(=O)NC3CNC[C@@H]3c3ccccc3)n2)C1. The second-order valence-electron chi connectivity index (χ2n) is 9.11. The lowest BCUT2D eigenvalue weighted by Gasteiger charge is -2.33. The van der Waals surface area contributed by atoms with E-state index in [-0.39, 0.29) is 40.5 Å². The fourth-order valence-corrected chi connectivity index (χ4v) is 5.56. The molecule has 35 heavy (non-hydrogen) atoms. The summed E-state index contributed by atoms with van der Waals surface area (Å²) in [6, 6.07) is 18.0. The van der Waals surface area contributed by atoms with Gasteiger partial charge in [0.1, 0.15) is 5.69 Å². The van der Waals surface area contributed by atoms with Crippen molar-refractivity contribution >= 4 is 34.5 Å². The highest BCUT2D eigenvalue weighted by Crippen LogP contribution is 2.29. The number of carbonyl (C=O) groups excluding carboxylic acids is 2. The van der Waals surface area contributed by atoms with E-state index in [1.165, 1.54) is 16.9 Å². The number of piperidine rings is 1. The molecule has 2 aromatic carbocycles. The van der Waals surface area contributed by atoms with E-state index >= 15 is 0 Å². The monoisotopic (exact) mass is 490 g/mol. The number of nitrogens with one attached hydrogen (secondary N) is 3. The van der Waals surface area contributed by atoms with Crippen LogP contribution in [0.2, 0.25) is 0 Å². The summed E-state index contributed by atoms with van der Waals surface area (Å²) in [5.74, 6) is -0.396. The third-order valence-electron chi connectivity index (χ3n) is 6.64. The van der Waals surface area contributed by atoms with E-state index in [1.54, 1.807) is 5.38 Å². The minimum absolute atomic E-state index is 0.0335. The van der Waals surface area contributed by atoms with Crippen LogP contribution in [0.4, 0.5) is 11.4 Å². The molecule has 5 N–H and O–H groups in total. The molecular weight excluding hydrogens is 460 g/mol. The van der Waals surface area contributed by atoms with Gasteiger partial charge in [0.15, 0.2) is 5.01 Å². The molecule has 1 unspecified atom stereocenters. The van der Waals surface area contributed by atoms with Crippen molar-refractivity contribution in [1.29, 1.82) is 0 Å². The highest BCUT2D eigenvalue weighted by atomic mass is 32.1. The van der Waals surface area contributed by atoms with Crippen molar-refractivity contribution < 1.29 is 9.59 Å². The van der Waals surface area contributed by atoms with Crippen LogP contribution in [-0.2, 0) is 0 Å². The van der Waals surface area contributed by atoms with Gasteiger partial charge in [-0.15, -0.1) is 11.3 Å². The van der Waals surface area contributed by atoms with Gasteiger partial charge in [-0.1, -0.05) is 42.5 Å². The first-order chi connectivity index (χ1) is 17.1. The molecule has 3 heterocycles. The fourth-order valence-electron chi connectivity index (χ4n) is 4.86. The Morgan fingerprint density at radius 3 is 2.69 bits per heavy atom. The van der Waals surface area contributed by atoms with Gasteiger partial charge < -0.3 is 26.6 Å². The number of benzene rings is 2. The first-order valence-corrected chi connectivity index (χ1v) is 12.9. The van der Waals surface area contributed by atoms with Crippen LogP contribution in [0.3, 0.4) is 0 Å². The Bertz CT molecular complexity index is 1180. The largest absolute Gasteiger partial charge is 0.368 e. The summed E-state index contributed by atoms with van der Waals surface area (Å²) >= 11 is 1.18. The summed E-state index contributed by atoms with van der Waals surface area (Å²) in [5.41, 5.74) is 9.24. The highest BCUT2D eigenvalue weighted by molar-refractivity contribution is 7.11. The van der Waals surface area contributed by atoms with Gasteiger partial charge in [-0.05, 0) is 30.5 Å². The number of anilines is 2. The Morgan fingerprint density at radius 2 is 1.86 bits per heavy atom. The van der Waals surface area contributed by atoms with Crippen molar-refractivity contribution in [2.75, 3.05) is 36.4 Å². The zero-order chi connectivity index (χ0) is 24.2. The van der Waals surface area contributed by atoms with Crippen molar-refractivity contribution in [2.24, 2.45) is 5.73 Å². The number of hydrogen-bond acceptors (Lipinski definition) is 7. The molecular formula is C26H30N6O2S. The Balaban J connectivity index is 1.24. The molecule has 0 spiro atoms. The van der Waals surface area contributed by atoms with Crippen LogP contribution in [0.15, 0.2) is 60.0 Å². The van der Waals surface area contributed by atoms with Crippen molar-refractivity contribution in [3.63, 3.8) is 0 Å².